The summed E-state index contributed by atoms with van der Waals surface area (Å²) in [6.07, 6.45) is 0.321. The van der Waals surface area contributed by atoms with Crippen molar-refractivity contribution in [3.8, 4) is 17.2 Å². The van der Waals surface area contributed by atoms with E-state index in [9.17, 15) is 14.7 Å². The molecule has 1 amide bonds. The van der Waals surface area contributed by atoms with Gasteiger partial charge in [0.25, 0.3) is 5.56 Å². The van der Waals surface area contributed by atoms with Gasteiger partial charge in [0.2, 0.25) is 0 Å². The first kappa shape index (κ1) is 30.1. The molecule has 2 bridgehead atoms. The molecular weight excluding hydrogens is 616 g/mol. The van der Waals surface area contributed by atoms with Gasteiger partial charge in [-0.2, -0.15) is 0 Å². The Bertz CT molecular complexity index is 1570. The van der Waals surface area contributed by atoms with Crippen molar-refractivity contribution in [2.24, 2.45) is 0 Å². The Balaban J connectivity index is 1.53. The summed E-state index contributed by atoms with van der Waals surface area (Å²) in [5, 5.41) is 14.0. The van der Waals surface area contributed by atoms with Crippen molar-refractivity contribution < 1.29 is 32.9 Å². The van der Waals surface area contributed by atoms with Crippen molar-refractivity contribution >= 4 is 32.9 Å². The average Bonchev–Trinajstić information content (AvgIpc) is 3.23. The second-order valence-corrected chi connectivity index (χ2v) is 12.5. The van der Waals surface area contributed by atoms with Crippen LogP contribution in [0, 0.1) is 11.6 Å². The van der Waals surface area contributed by atoms with Crippen molar-refractivity contribution in [2.45, 2.75) is 76.9 Å². The van der Waals surface area contributed by atoms with Crippen LogP contribution >= 0.6 is 15.9 Å². The summed E-state index contributed by atoms with van der Waals surface area (Å²) in [4.78, 5) is 27.8. The number of carbonyl (C=O) groups is 1. The molecule has 2 aromatic carbocycles. The van der Waals surface area contributed by atoms with E-state index in [1.807, 2.05) is 0 Å². The summed E-state index contributed by atoms with van der Waals surface area (Å²) in [6, 6.07) is 7.03. The van der Waals surface area contributed by atoms with E-state index in [-0.39, 0.29) is 29.5 Å². The van der Waals surface area contributed by atoms with Crippen molar-refractivity contribution in [2.75, 3.05) is 13.7 Å². The molecule has 3 aromatic rings. The number of carbonyl (C=O) groups excluding carboxylic acids is 1. The molecule has 9 nitrogen and oxygen atoms in total. The molecule has 42 heavy (non-hydrogen) atoms. The third-order valence-electron chi connectivity index (χ3n) is 7.77. The Morgan fingerprint density at radius 3 is 2.52 bits per heavy atom. The average molecular weight is 651 g/mol. The minimum Gasteiger partial charge on any atom is -0.507 e. The summed E-state index contributed by atoms with van der Waals surface area (Å²) < 4.78 is 48.9. The van der Waals surface area contributed by atoms with Crippen LogP contribution in [-0.4, -0.2) is 64.2 Å². The molecule has 0 spiro atoms. The number of piperazine rings is 1. The largest absolute Gasteiger partial charge is 0.507 e. The van der Waals surface area contributed by atoms with Crippen LogP contribution < -0.4 is 20.3 Å². The molecule has 2 N–H and O–H groups in total. The zero-order valence-electron chi connectivity index (χ0n) is 24.0. The summed E-state index contributed by atoms with van der Waals surface area (Å²) in [5.74, 6) is -2.51. The molecule has 2 aliphatic rings. The van der Waals surface area contributed by atoms with Gasteiger partial charge in [0.05, 0.1) is 41.1 Å². The second-order valence-electron chi connectivity index (χ2n) is 11.7. The maximum Gasteiger partial charge on any atom is 0.410 e. The van der Waals surface area contributed by atoms with Gasteiger partial charge in [-0.15, -0.1) is 0 Å². The molecule has 2 aliphatic heterocycles. The van der Waals surface area contributed by atoms with Crippen molar-refractivity contribution in [3.05, 3.63) is 62.4 Å². The van der Waals surface area contributed by atoms with Crippen LogP contribution in [-0.2, 0) is 11.3 Å². The molecule has 5 rings (SSSR count). The fraction of sp³-hybridized carbons (Fsp3) is 0.467. The summed E-state index contributed by atoms with van der Waals surface area (Å²) in [6.45, 7) is 7.58. The number of nitrogens with zero attached hydrogens (tertiary/aromatic N) is 2. The van der Waals surface area contributed by atoms with Gasteiger partial charge >= 0.3 is 6.09 Å². The van der Waals surface area contributed by atoms with E-state index in [1.54, 1.807) is 56.9 Å². The number of aromatic nitrogens is 1. The molecule has 226 valence electrons. The number of ether oxygens (including phenoxy) is 3. The minimum absolute atomic E-state index is 0.0396. The predicted molar refractivity (Wildman–Crippen MR) is 156 cm³/mol. The van der Waals surface area contributed by atoms with E-state index in [1.165, 1.54) is 7.11 Å². The van der Waals surface area contributed by atoms with E-state index in [2.05, 4.69) is 21.2 Å². The van der Waals surface area contributed by atoms with Crippen LogP contribution in [0.1, 0.15) is 46.1 Å². The Kier molecular flexibility index (Phi) is 8.14. The van der Waals surface area contributed by atoms with Gasteiger partial charge < -0.3 is 29.2 Å². The van der Waals surface area contributed by atoms with Crippen molar-refractivity contribution in [3.63, 3.8) is 0 Å². The van der Waals surface area contributed by atoms with E-state index >= 15 is 8.78 Å². The van der Waals surface area contributed by atoms with E-state index in [0.717, 1.165) is 17.1 Å². The SMILES string of the molecule is COc1ccc(Cn2c(=O)cc(O)c3c(O[C@@H](C)[C@H]4NC[C@H]5CC[C@@H]4N5C(=O)OC(C)(C)C)c(F)c(Br)c(F)c32)cc1. The molecule has 12 heteroatoms. The van der Waals surface area contributed by atoms with Gasteiger partial charge in [0.15, 0.2) is 17.4 Å². The number of benzene rings is 2. The lowest BCUT2D eigenvalue weighted by Gasteiger charge is -2.43. The Morgan fingerprint density at radius 1 is 1.19 bits per heavy atom. The summed E-state index contributed by atoms with van der Waals surface area (Å²) in [7, 11) is 1.53. The predicted octanol–water partition coefficient (Wildman–Crippen LogP) is 5.31. The van der Waals surface area contributed by atoms with Gasteiger partial charge in [0, 0.05) is 18.7 Å². The molecule has 0 radical (unpaired) electrons. The maximum atomic E-state index is 15.7. The molecule has 2 fully saturated rings. The normalized spacial score (nSPS) is 21.0. The third kappa shape index (κ3) is 5.54. The molecule has 2 saturated heterocycles. The number of amides is 1. The standard InChI is InChI=1S/C30H34BrF2N3O6/c1-15(26-19-11-8-17(13-34-26)36(19)29(39)42-30(2,3)4)41-28-22-20(37)12-21(38)35(27(22)24(32)23(31)25(28)33)14-16-6-9-18(40-5)10-7-16/h6-7,9-10,12,15,17,19,26,34,37H,8,11,13-14H2,1-5H3/t15-,17+,19-,26+/m0/s1. The highest BCUT2D eigenvalue weighted by Gasteiger charge is 2.48. The number of rotatable bonds is 6. The van der Waals surface area contributed by atoms with E-state index < -0.39 is 57.0 Å². The maximum absolute atomic E-state index is 15.7. The Labute approximate surface area is 250 Å². The van der Waals surface area contributed by atoms with Gasteiger partial charge in [-0.1, -0.05) is 12.1 Å². The number of fused-ring (bicyclic) bond motifs is 3. The third-order valence-corrected chi connectivity index (χ3v) is 8.47. The van der Waals surface area contributed by atoms with E-state index in [4.69, 9.17) is 14.2 Å². The molecule has 0 aliphatic carbocycles. The van der Waals surface area contributed by atoms with Gasteiger partial charge in [-0.05, 0) is 74.2 Å². The minimum atomic E-state index is -1.05. The van der Waals surface area contributed by atoms with Crippen LogP contribution in [0.15, 0.2) is 39.6 Å². The fourth-order valence-corrected chi connectivity index (χ4v) is 6.25. The summed E-state index contributed by atoms with van der Waals surface area (Å²) >= 11 is 2.98. The molecular formula is C30H34BrF2N3O6. The molecule has 1 aromatic heterocycles. The Morgan fingerprint density at radius 2 is 1.88 bits per heavy atom. The van der Waals surface area contributed by atoms with E-state index in [0.29, 0.717) is 24.3 Å². The number of hydrogen-bond acceptors (Lipinski definition) is 7. The van der Waals surface area contributed by atoms with Crippen LogP contribution in [0.2, 0.25) is 0 Å². The zero-order chi connectivity index (χ0) is 30.5. The van der Waals surface area contributed by atoms with Crippen LogP contribution in [0.4, 0.5) is 13.6 Å². The lowest BCUT2D eigenvalue weighted by molar-refractivity contribution is -0.00491. The van der Waals surface area contributed by atoms with Gasteiger partial charge in [0.1, 0.15) is 23.2 Å². The van der Waals surface area contributed by atoms with Crippen molar-refractivity contribution in [1.82, 2.24) is 14.8 Å². The molecule has 4 atom stereocenters. The highest BCUT2D eigenvalue weighted by atomic mass is 79.9. The first-order valence-electron chi connectivity index (χ1n) is 13.8. The first-order chi connectivity index (χ1) is 19.8. The first-order valence-corrected chi connectivity index (χ1v) is 14.6. The highest BCUT2D eigenvalue weighted by molar-refractivity contribution is 9.10. The van der Waals surface area contributed by atoms with Crippen LogP contribution in [0.5, 0.6) is 17.2 Å². The summed E-state index contributed by atoms with van der Waals surface area (Å²) in [5.41, 5.74) is -0.990. The number of halogens is 3. The van der Waals surface area contributed by atoms with Gasteiger partial charge in [-0.25, -0.2) is 13.6 Å². The number of hydrogen-bond donors (Lipinski definition) is 2. The zero-order valence-corrected chi connectivity index (χ0v) is 25.6. The quantitative estimate of drug-likeness (QED) is 0.349. The fourth-order valence-electron chi connectivity index (χ4n) is 5.89. The van der Waals surface area contributed by atoms with Crippen LogP contribution in [0.3, 0.4) is 0 Å². The number of pyridine rings is 1. The Hall–Kier alpha value is -3.38. The molecule has 0 unspecified atom stereocenters. The topological polar surface area (TPSA) is 102 Å². The molecule has 3 heterocycles. The number of nitrogens with one attached hydrogen (secondary N) is 1. The second kappa shape index (κ2) is 11.4. The highest BCUT2D eigenvalue weighted by Crippen LogP contribution is 2.42. The lowest BCUT2D eigenvalue weighted by Crippen LogP contribution is -2.64. The number of aromatic hydroxyl groups is 1. The number of methoxy groups -OCH3 is 1. The van der Waals surface area contributed by atoms with Crippen LogP contribution in [0.25, 0.3) is 10.9 Å². The lowest BCUT2D eigenvalue weighted by atomic mass is 10.00. The van der Waals surface area contributed by atoms with Gasteiger partial charge in [-0.3, -0.25) is 9.69 Å². The molecule has 0 saturated carbocycles. The monoisotopic (exact) mass is 649 g/mol. The van der Waals surface area contributed by atoms with Crippen molar-refractivity contribution in [1.29, 1.82) is 0 Å². The smallest absolute Gasteiger partial charge is 0.410 e.